The highest BCUT2D eigenvalue weighted by atomic mass is 15.4. The number of pyridine rings is 1. The smallest absolute Gasteiger partial charge is 0.282 e. The summed E-state index contributed by atoms with van der Waals surface area (Å²) in [5, 5.41) is 2.57. The maximum atomic E-state index is 2.34. The van der Waals surface area contributed by atoms with E-state index in [2.05, 4.69) is 108 Å². The molecule has 1 aliphatic rings. The van der Waals surface area contributed by atoms with Gasteiger partial charge >= 0.3 is 0 Å². The van der Waals surface area contributed by atoms with Crippen LogP contribution in [-0.2, 0) is 7.05 Å². The van der Waals surface area contributed by atoms with E-state index in [9.17, 15) is 0 Å². The highest BCUT2D eigenvalue weighted by Gasteiger charge is 2.32. The number of benzene rings is 2. The minimum Gasteiger partial charge on any atom is -0.305 e. The third-order valence-corrected chi connectivity index (χ3v) is 4.83. The Kier molecular flexibility index (Phi) is 3.49. The molecule has 0 fully saturated rings. The maximum Gasteiger partial charge on any atom is 0.282 e. The first kappa shape index (κ1) is 14.8. The van der Waals surface area contributed by atoms with Crippen LogP contribution in [0.15, 0.2) is 73.2 Å². The highest BCUT2D eigenvalue weighted by Crippen LogP contribution is 2.32. The monoisotopic (exact) mass is 316 g/mol. The van der Waals surface area contributed by atoms with Crippen LogP contribution in [0.3, 0.4) is 0 Å². The van der Waals surface area contributed by atoms with E-state index in [1.54, 1.807) is 0 Å². The first-order valence-corrected chi connectivity index (χ1v) is 8.34. The molecule has 0 amide bonds. The molecule has 1 aliphatic heterocycles. The van der Waals surface area contributed by atoms with Gasteiger partial charge in [0, 0.05) is 18.0 Å². The number of rotatable bonds is 2. The molecular weight excluding hydrogens is 294 g/mol. The quantitative estimate of drug-likeness (QED) is 0.659. The van der Waals surface area contributed by atoms with Crippen LogP contribution in [0.1, 0.15) is 12.5 Å². The summed E-state index contributed by atoms with van der Waals surface area (Å²) < 4.78 is 2.15. The largest absolute Gasteiger partial charge is 0.305 e. The summed E-state index contributed by atoms with van der Waals surface area (Å²) in [5.74, 6) is 1.18. The molecule has 1 atom stereocenters. The van der Waals surface area contributed by atoms with E-state index in [0.29, 0.717) is 0 Å². The summed E-state index contributed by atoms with van der Waals surface area (Å²) in [7, 11) is 2.08. The van der Waals surface area contributed by atoms with Crippen LogP contribution in [0.4, 0.5) is 11.5 Å². The Morgan fingerprint density at radius 3 is 2.29 bits per heavy atom. The number of hydrogen-bond donors (Lipinski definition) is 0. The molecule has 1 aromatic heterocycles. The molecule has 3 aromatic rings. The number of fused-ring (bicyclic) bond motifs is 1. The van der Waals surface area contributed by atoms with E-state index in [0.717, 1.165) is 0 Å². The molecule has 3 nitrogen and oxygen atoms in total. The van der Waals surface area contributed by atoms with Crippen LogP contribution in [0, 0.1) is 6.92 Å². The number of aromatic nitrogens is 1. The van der Waals surface area contributed by atoms with Crippen molar-refractivity contribution in [2.45, 2.75) is 20.0 Å². The van der Waals surface area contributed by atoms with Crippen LogP contribution in [0.2, 0.25) is 0 Å². The fraction of sp³-hybridized carbons (Fsp3) is 0.190. The van der Waals surface area contributed by atoms with Crippen molar-refractivity contribution in [3.05, 3.63) is 78.8 Å². The molecule has 0 saturated carbocycles. The second kappa shape index (κ2) is 5.68. The Bertz CT molecular complexity index is 929. The van der Waals surface area contributed by atoms with Crippen LogP contribution < -0.4 is 14.4 Å². The summed E-state index contributed by atoms with van der Waals surface area (Å²) in [6.07, 6.45) is 6.65. The molecule has 0 N–H and O–H groups in total. The van der Waals surface area contributed by atoms with Crippen molar-refractivity contribution < 1.29 is 4.57 Å². The van der Waals surface area contributed by atoms with Crippen molar-refractivity contribution in [3.8, 4) is 0 Å². The van der Waals surface area contributed by atoms with Crippen molar-refractivity contribution in [1.29, 1.82) is 0 Å². The highest BCUT2D eigenvalue weighted by molar-refractivity contribution is 5.88. The molecule has 24 heavy (non-hydrogen) atoms. The summed E-state index contributed by atoms with van der Waals surface area (Å²) >= 11 is 0. The first-order chi connectivity index (χ1) is 11.6. The van der Waals surface area contributed by atoms with E-state index in [4.69, 9.17) is 0 Å². The fourth-order valence-electron chi connectivity index (χ4n) is 3.48. The zero-order chi connectivity index (χ0) is 16.7. The van der Waals surface area contributed by atoms with Gasteiger partial charge in [-0.25, -0.2) is 9.47 Å². The molecule has 120 valence electrons. The first-order valence-electron chi connectivity index (χ1n) is 8.34. The van der Waals surface area contributed by atoms with Crippen molar-refractivity contribution in [2.75, 3.05) is 9.80 Å². The molecule has 0 spiro atoms. The zero-order valence-electron chi connectivity index (χ0n) is 14.3. The van der Waals surface area contributed by atoms with Gasteiger partial charge in [-0.15, -0.1) is 0 Å². The lowest BCUT2D eigenvalue weighted by Gasteiger charge is -2.26. The van der Waals surface area contributed by atoms with Gasteiger partial charge in [0.2, 0.25) is 0 Å². The molecule has 4 rings (SSSR count). The van der Waals surface area contributed by atoms with Crippen molar-refractivity contribution in [2.24, 2.45) is 7.05 Å². The summed E-state index contributed by atoms with van der Waals surface area (Å²) in [6.45, 7) is 4.43. The van der Waals surface area contributed by atoms with Crippen molar-refractivity contribution in [3.63, 3.8) is 0 Å². The molecule has 2 aromatic carbocycles. The van der Waals surface area contributed by atoms with Gasteiger partial charge in [-0.1, -0.05) is 30.3 Å². The average Bonchev–Trinajstić information content (AvgIpc) is 2.96. The van der Waals surface area contributed by atoms with Crippen LogP contribution in [0.25, 0.3) is 10.8 Å². The molecule has 0 radical (unpaired) electrons. The van der Waals surface area contributed by atoms with Crippen LogP contribution >= 0.6 is 0 Å². The minimum absolute atomic E-state index is 0.235. The van der Waals surface area contributed by atoms with Gasteiger partial charge in [-0.3, -0.25) is 0 Å². The van der Waals surface area contributed by atoms with Gasteiger partial charge in [0.25, 0.3) is 5.82 Å². The molecule has 0 aliphatic carbocycles. The lowest BCUT2D eigenvalue weighted by Crippen LogP contribution is -2.43. The number of hydrogen-bond acceptors (Lipinski definition) is 2. The Labute approximate surface area is 143 Å². The minimum atomic E-state index is 0.235. The maximum absolute atomic E-state index is 2.34. The van der Waals surface area contributed by atoms with Gasteiger partial charge < -0.3 is 4.90 Å². The van der Waals surface area contributed by atoms with Gasteiger partial charge in [0.05, 0.1) is 13.2 Å². The third-order valence-electron chi connectivity index (χ3n) is 4.83. The summed E-state index contributed by atoms with van der Waals surface area (Å²) in [4.78, 5) is 4.64. The standard InChI is InChI=1S/C21H22N3/c1-16-14-18-8-4-5-9-19(18)15-20(16)23-12-13-24(17(23)2)21-10-6-7-11-22(21)3/h4-15,17H,1-3H3/q+1/t17-/m1/s1. The average molecular weight is 316 g/mol. The summed E-state index contributed by atoms with van der Waals surface area (Å²) in [6, 6.07) is 19.4. The fourth-order valence-corrected chi connectivity index (χ4v) is 3.48. The Morgan fingerprint density at radius 2 is 1.54 bits per heavy atom. The van der Waals surface area contributed by atoms with E-state index < -0.39 is 0 Å². The molecule has 0 unspecified atom stereocenters. The van der Waals surface area contributed by atoms with Gasteiger partial charge in [0.15, 0.2) is 6.17 Å². The third kappa shape index (κ3) is 2.33. The lowest BCUT2D eigenvalue weighted by molar-refractivity contribution is -0.658. The van der Waals surface area contributed by atoms with Gasteiger partial charge in [-0.2, -0.15) is 0 Å². The molecule has 0 bridgehead atoms. The van der Waals surface area contributed by atoms with Gasteiger partial charge in [0.1, 0.15) is 6.20 Å². The topological polar surface area (TPSA) is 10.4 Å². The Hall–Kier alpha value is -2.81. The zero-order valence-corrected chi connectivity index (χ0v) is 14.3. The van der Waals surface area contributed by atoms with Crippen LogP contribution in [0.5, 0.6) is 0 Å². The molecule has 0 saturated heterocycles. The molecule has 3 heteroatoms. The number of anilines is 2. The summed E-state index contributed by atoms with van der Waals surface area (Å²) in [5.41, 5.74) is 2.56. The van der Waals surface area contributed by atoms with Crippen molar-refractivity contribution in [1.82, 2.24) is 0 Å². The normalized spacial score (nSPS) is 17.0. The van der Waals surface area contributed by atoms with Crippen LogP contribution in [-0.4, -0.2) is 6.17 Å². The number of nitrogens with zero attached hydrogens (tertiary/aromatic N) is 3. The predicted octanol–water partition coefficient (Wildman–Crippen LogP) is 4.12. The second-order valence-electron chi connectivity index (χ2n) is 6.40. The van der Waals surface area contributed by atoms with Crippen molar-refractivity contribution >= 4 is 22.3 Å². The SMILES string of the molecule is Cc1cc2ccccc2cc1N1C=CN(c2cccc[n+]2C)[C@@H]1C. The van der Waals surface area contributed by atoms with E-state index in [-0.39, 0.29) is 6.17 Å². The molecular formula is C21H22N3+. The molecule has 2 heterocycles. The van der Waals surface area contributed by atoms with E-state index in [1.807, 2.05) is 0 Å². The Morgan fingerprint density at radius 1 is 0.875 bits per heavy atom. The van der Waals surface area contributed by atoms with Gasteiger partial charge in [-0.05, 0) is 48.4 Å². The van der Waals surface area contributed by atoms with E-state index >= 15 is 0 Å². The predicted molar refractivity (Wildman–Crippen MR) is 99.9 cm³/mol. The Balaban J connectivity index is 1.73. The second-order valence-corrected chi connectivity index (χ2v) is 6.40. The lowest BCUT2D eigenvalue weighted by atomic mass is 10.0. The van der Waals surface area contributed by atoms with E-state index in [1.165, 1.54) is 27.8 Å². The number of aryl methyl sites for hydroxylation is 2.